The number of amides is 3. The Morgan fingerprint density at radius 3 is 2.35 bits per heavy atom. The van der Waals surface area contributed by atoms with Gasteiger partial charge in [-0.15, -0.1) is 0 Å². The molecular weight excluding hydrogens is 472 g/mol. The highest BCUT2D eigenvalue weighted by Gasteiger charge is 2.22. The summed E-state index contributed by atoms with van der Waals surface area (Å²) in [4.78, 5) is 39.3. The van der Waals surface area contributed by atoms with E-state index in [0.29, 0.717) is 43.4 Å². The van der Waals surface area contributed by atoms with Gasteiger partial charge in [0, 0.05) is 68.1 Å². The molecule has 2 aliphatic rings. The van der Waals surface area contributed by atoms with Crippen molar-refractivity contribution in [2.24, 2.45) is 5.73 Å². The highest BCUT2D eigenvalue weighted by molar-refractivity contribution is 5.96. The van der Waals surface area contributed by atoms with Gasteiger partial charge in [-0.2, -0.15) is 4.98 Å². The van der Waals surface area contributed by atoms with E-state index in [-0.39, 0.29) is 6.03 Å². The molecule has 192 valence electrons. The number of nitrogens with two attached hydrogens (primary N) is 1. The van der Waals surface area contributed by atoms with Gasteiger partial charge in [-0.25, -0.2) is 9.78 Å². The second-order valence-electron chi connectivity index (χ2n) is 8.86. The van der Waals surface area contributed by atoms with Crippen molar-refractivity contribution < 1.29 is 14.3 Å². The number of nitrogens with one attached hydrogen (secondary N) is 2. The van der Waals surface area contributed by atoms with Gasteiger partial charge < -0.3 is 35.8 Å². The highest BCUT2D eigenvalue weighted by Crippen LogP contribution is 2.22. The molecule has 3 heterocycles. The van der Waals surface area contributed by atoms with Crippen molar-refractivity contribution in [1.82, 2.24) is 14.9 Å². The first-order valence-electron chi connectivity index (χ1n) is 12.3. The Bertz CT molecular complexity index is 1240. The van der Waals surface area contributed by atoms with Crippen molar-refractivity contribution in [3.8, 4) is 0 Å². The molecule has 2 saturated heterocycles. The minimum absolute atomic E-state index is 0.216. The number of piperazine rings is 1. The lowest BCUT2D eigenvalue weighted by Crippen LogP contribution is -2.50. The summed E-state index contributed by atoms with van der Waals surface area (Å²) in [6, 6.07) is 16.5. The zero-order chi connectivity index (χ0) is 25.6. The molecule has 3 aromatic rings. The van der Waals surface area contributed by atoms with Crippen LogP contribution in [0.3, 0.4) is 0 Å². The number of carbonyl (C=O) groups excluding carboxylic acids is 2. The summed E-state index contributed by atoms with van der Waals surface area (Å²) in [6.45, 7) is 5.66. The number of aromatic nitrogens is 2. The van der Waals surface area contributed by atoms with E-state index in [1.54, 1.807) is 35.4 Å². The maximum atomic E-state index is 12.7. The maximum absolute atomic E-state index is 12.7. The highest BCUT2D eigenvalue weighted by atomic mass is 16.5. The molecule has 0 radical (unpaired) electrons. The van der Waals surface area contributed by atoms with E-state index in [4.69, 9.17) is 10.5 Å². The number of ether oxygens (including phenoxy) is 1. The molecule has 4 N–H and O–H groups in total. The number of urea groups is 1. The van der Waals surface area contributed by atoms with Crippen LogP contribution < -0.4 is 26.2 Å². The van der Waals surface area contributed by atoms with E-state index in [1.807, 2.05) is 18.2 Å². The molecule has 1 aromatic heterocycles. The number of hydrogen-bond donors (Lipinski definition) is 3. The Hall–Kier alpha value is -4.38. The topological polar surface area (TPSA) is 129 Å². The van der Waals surface area contributed by atoms with Crippen LogP contribution >= 0.6 is 0 Å². The van der Waals surface area contributed by atoms with Crippen molar-refractivity contribution in [2.75, 3.05) is 72.9 Å². The average Bonchev–Trinajstić information content (AvgIpc) is 2.94. The molecule has 11 heteroatoms. The van der Waals surface area contributed by atoms with E-state index < -0.39 is 5.91 Å². The van der Waals surface area contributed by atoms with Crippen molar-refractivity contribution >= 4 is 40.8 Å². The molecule has 37 heavy (non-hydrogen) atoms. The summed E-state index contributed by atoms with van der Waals surface area (Å²) in [5, 5.41) is 6.12. The van der Waals surface area contributed by atoms with Gasteiger partial charge in [0.05, 0.1) is 13.2 Å². The lowest BCUT2D eigenvalue weighted by Gasteiger charge is -2.35. The summed E-state index contributed by atoms with van der Waals surface area (Å²) >= 11 is 0. The van der Waals surface area contributed by atoms with Crippen molar-refractivity contribution in [3.63, 3.8) is 0 Å². The molecule has 2 fully saturated rings. The standard InChI is InChI=1S/C26H30N8O3/c27-24(35)19-2-1-3-21(18-19)30-26(36)34-12-10-33(11-13-34)23-8-9-28-25(31-23)29-20-4-6-22(7-5-20)32-14-16-37-17-15-32/h1-9,18H,10-17H2,(H2,27,35)(H,30,36)(H,28,29,31). The van der Waals surface area contributed by atoms with Crippen LogP contribution in [0.25, 0.3) is 0 Å². The molecular formula is C26H30N8O3. The number of morpholine rings is 1. The smallest absolute Gasteiger partial charge is 0.321 e. The zero-order valence-electron chi connectivity index (χ0n) is 20.5. The normalized spacial score (nSPS) is 15.8. The number of benzene rings is 2. The van der Waals surface area contributed by atoms with Crippen LogP contribution in [0.5, 0.6) is 0 Å². The third-order valence-electron chi connectivity index (χ3n) is 6.43. The minimum atomic E-state index is -0.534. The summed E-state index contributed by atoms with van der Waals surface area (Å²) in [5.41, 5.74) is 8.30. The summed E-state index contributed by atoms with van der Waals surface area (Å²) in [5.74, 6) is 0.788. The molecule has 0 atom stereocenters. The molecule has 0 spiro atoms. The Kier molecular flexibility index (Phi) is 7.31. The first kappa shape index (κ1) is 24.3. The molecule has 0 unspecified atom stereocenters. The SMILES string of the molecule is NC(=O)c1cccc(NC(=O)N2CCN(c3ccnc(Nc4ccc(N5CCOCC5)cc4)n3)CC2)c1. The summed E-state index contributed by atoms with van der Waals surface area (Å²) < 4.78 is 5.43. The fourth-order valence-electron chi connectivity index (χ4n) is 4.38. The van der Waals surface area contributed by atoms with E-state index in [9.17, 15) is 9.59 Å². The monoisotopic (exact) mass is 502 g/mol. The van der Waals surface area contributed by atoms with Crippen LogP contribution in [0.1, 0.15) is 10.4 Å². The fraction of sp³-hybridized carbons (Fsp3) is 0.308. The van der Waals surface area contributed by atoms with E-state index in [1.165, 1.54) is 5.69 Å². The van der Waals surface area contributed by atoms with Crippen molar-refractivity contribution in [2.45, 2.75) is 0 Å². The van der Waals surface area contributed by atoms with E-state index in [2.05, 4.69) is 42.5 Å². The molecule has 3 amide bonds. The van der Waals surface area contributed by atoms with Gasteiger partial charge in [0.15, 0.2) is 0 Å². The Morgan fingerprint density at radius 1 is 0.865 bits per heavy atom. The maximum Gasteiger partial charge on any atom is 0.321 e. The Balaban J connectivity index is 1.15. The molecule has 0 saturated carbocycles. The number of rotatable bonds is 6. The second kappa shape index (κ2) is 11.1. The van der Waals surface area contributed by atoms with Crippen LogP contribution in [0.4, 0.5) is 33.6 Å². The quantitative estimate of drug-likeness (QED) is 0.469. The summed E-state index contributed by atoms with van der Waals surface area (Å²) in [6.07, 6.45) is 1.73. The molecule has 2 aromatic carbocycles. The van der Waals surface area contributed by atoms with Gasteiger partial charge in [-0.3, -0.25) is 4.79 Å². The minimum Gasteiger partial charge on any atom is -0.378 e. The zero-order valence-corrected chi connectivity index (χ0v) is 20.5. The number of carbonyl (C=O) groups is 2. The first-order chi connectivity index (χ1) is 18.0. The number of anilines is 5. The van der Waals surface area contributed by atoms with Crippen LogP contribution in [0.2, 0.25) is 0 Å². The molecule has 0 bridgehead atoms. The largest absolute Gasteiger partial charge is 0.378 e. The predicted octanol–water partition coefficient (Wildman–Crippen LogP) is 2.51. The van der Waals surface area contributed by atoms with Crippen LogP contribution in [-0.4, -0.2) is 79.3 Å². The molecule has 0 aliphatic carbocycles. The molecule has 5 rings (SSSR count). The Morgan fingerprint density at radius 2 is 1.62 bits per heavy atom. The second-order valence-corrected chi connectivity index (χ2v) is 8.86. The van der Waals surface area contributed by atoms with Gasteiger partial charge in [-0.1, -0.05) is 6.07 Å². The van der Waals surface area contributed by atoms with E-state index >= 15 is 0 Å². The summed E-state index contributed by atoms with van der Waals surface area (Å²) in [7, 11) is 0. The van der Waals surface area contributed by atoms with Crippen molar-refractivity contribution in [1.29, 1.82) is 0 Å². The van der Waals surface area contributed by atoms with Crippen LogP contribution in [0, 0.1) is 0 Å². The molecule has 2 aliphatic heterocycles. The predicted molar refractivity (Wildman–Crippen MR) is 143 cm³/mol. The average molecular weight is 503 g/mol. The van der Waals surface area contributed by atoms with Gasteiger partial charge in [0.1, 0.15) is 5.82 Å². The number of nitrogens with zero attached hydrogens (tertiary/aromatic N) is 5. The third-order valence-corrected chi connectivity index (χ3v) is 6.43. The van der Waals surface area contributed by atoms with Crippen molar-refractivity contribution in [3.05, 3.63) is 66.4 Å². The van der Waals surface area contributed by atoms with E-state index in [0.717, 1.165) is 37.8 Å². The fourth-order valence-corrected chi connectivity index (χ4v) is 4.38. The Labute approximate surface area is 215 Å². The molecule has 11 nitrogen and oxygen atoms in total. The lowest BCUT2D eigenvalue weighted by molar-refractivity contribution is 0.1000. The van der Waals surface area contributed by atoms with Crippen LogP contribution in [-0.2, 0) is 4.74 Å². The van der Waals surface area contributed by atoms with Gasteiger partial charge in [0.2, 0.25) is 11.9 Å². The first-order valence-corrected chi connectivity index (χ1v) is 12.3. The number of primary amides is 1. The van der Waals surface area contributed by atoms with Gasteiger partial charge >= 0.3 is 6.03 Å². The van der Waals surface area contributed by atoms with Crippen LogP contribution in [0.15, 0.2) is 60.8 Å². The lowest BCUT2D eigenvalue weighted by atomic mass is 10.2. The van der Waals surface area contributed by atoms with Gasteiger partial charge in [0.25, 0.3) is 0 Å². The third kappa shape index (κ3) is 6.07. The number of hydrogen-bond acceptors (Lipinski definition) is 8. The van der Waals surface area contributed by atoms with Gasteiger partial charge in [-0.05, 0) is 48.5 Å².